The van der Waals surface area contributed by atoms with Crippen LogP contribution in [0.15, 0.2) is 53.6 Å². The normalized spacial score (nSPS) is 21.6. The molecule has 2 aromatic rings. The van der Waals surface area contributed by atoms with E-state index in [2.05, 4.69) is 4.90 Å². The Morgan fingerprint density at radius 3 is 2.57 bits per heavy atom. The molecule has 3 amide bonds. The molecule has 3 aliphatic heterocycles. The smallest absolute Gasteiger partial charge is 0.340 e. The summed E-state index contributed by atoms with van der Waals surface area (Å²) in [6.07, 6.45) is 0. The number of carbonyl (C=O) groups is 2. The third-order valence-electron chi connectivity index (χ3n) is 7.08. The fourth-order valence-electron chi connectivity index (χ4n) is 5.04. The standard InChI is InChI=1S/C26H30FN5O3/c1-18(33)31-14-12-30(13-15-31)11-10-29(2)26(34)32-25(19-6-4-3-5-7-19)22-17-35-23-9-8-20(27)16-21(23)24(22)28-32/h3-9,16,22,25H,10-15,17H2,1-2H3/t22-,25-/m0/s1. The molecule has 0 N–H and O–H groups in total. The summed E-state index contributed by atoms with van der Waals surface area (Å²) in [6.45, 7) is 6.22. The van der Waals surface area contributed by atoms with E-state index >= 15 is 0 Å². The molecule has 0 aliphatic carbocycles. The van der Waals surface area contributed by atoms with Gasteiger partial charge in [0.25, 0.3) is 0 Å². The zero-order chi connectivity index (χ0) is 24.5. The molecule has 184 valence electrons. The SMILES string of the molecule is CC(=O)N1CCN(CCN(C)C(=O)N2N=C3c4cc(F)ccc4OC[C@@H]3[C@@H]2c2ccccc2)CC1. The average Bonchev–Trinajstić information content (AvgIpc) is 3.27. The Bertz CT molecular complexity index is 1130. The molecule has 8 nitrogen and oxygen atoms in total. The molecule has 0 spiro atoms. The fourth-order valence-corrected chi connectivity index (χ4v) is 5.04. The Labute approximate surface area is 204 Å². The van der Waals surface area contributed by atoms with E-state index in [0.717, 1.165) is 25.2 Å². The number of fused-ring (bicyclic) bond motifs is 3. The molecule has 35 heavy (non-hydrogen) atoms. The van der Waals surface area contributed by atoms with Gasteiger partial charge < -0.3 is 14.5 Å². The van der Waals surface area contributed by atoms with Gasteiger partial charge in [-0.2, -0.15) is 5.10 Å². The number of rotatable bonds is 4. The van der Waals surface area contributed by atoms with Gasteiger partial charge in [0.05, 0.1) is 24.3 Å². The lowest BCUT2D eigenvalue weighted by atomic mass is 9.86. The Kier molecular flexibility index (Phi) is 6.42. The van der Waals surface area contributed by atoms with Crippen LogP contribution in [0.25, 0.3) is 0 Å². The summed E-state index contributed by atoms with van der Waals surface area (Å²) in [6, 6.07) is 13.7. The van der Waals surface area contributed by atoms with Crippen molar-refractivity contribution in [3.8, 4) is 5.75 Å². The average molecular weight is 480 g/mol. The zero-order valence-corrected chi connectivity index (χ0v) is 20.1. The maximum atomic E-state index is 14.1. The summed E-state index contributed by atoms with van der Waals surface area (Å²) in [5.74, 6) is 0.131. The van der Waals surface area contributed by atoms with E-state index in [4.69, 9.17) is 9.84 Å². The molecule has 1 saturated heterocycles. The van der Waals surface area contributed by atoms with Crippen molar-refractivity contribution in [2.45, 2.75) is 13.0 Å². The largest absolute Gasteiger partial charge is 0.492 e. The number of amides is 3. The van der Waals surface area contributed by atoms with Gasteiger partial charge in [0.2, 0.25) is 5.91 Å². The number of nitrogens with zero attached hydrogens (tertiary/aromatic N) is 5. The number of halogens is 1. The molecule has 2 atom stereocenters. The number of hydrogen-bond acceptors (Lipinski definition) is 5. The summed E-state index contributed by atoms with van der Waals surface area (Å²) < 4.78 is 20.0. The molecule has 0 radical (unpaired) electrons. The van der Waals surface area contributed by atoms with Crippen LogP contribution in [0.3, 0.4) is 0 Å². The molecule has 0 unspecified atom stereocenters. The van der Waals surface area contributed by atoms with Crippen molar-refractivity contribution >= 4 is 17.6 Å². The van der Waals surface area contributed by atoms with E-state index in [-0.39, 0.29) is 29.7 Å². The van der Waals surface area contributed by atoms with Crippen molar-refractivity contribution < 1.29 is 18.7 Å². The second-order valence-corrected chi connectivity index (χ2v) is 9.30. The van der Waals surface area contributed by atoms with Crippen LogP contribution >= 0.6 is 0 Å². The van der Waals surface area contributed by atoms with Crippen molar-refractivity contribution in [2.75, 3.05) is 52.9 Å². The van der Waals surface area contributed by atoms with Gasteiger partial charge in [0.15, 0.2) is 0 Å². The van der Waals surface area contributed by atoms with Crippen LogP contribution < -0.4 is 4.74 Å². The summed E-state index contributed by atoms with van der Waals surface area (Å²) in [5, 5.41) is 6.28. The van der Waals surface area contributed by atoms with E-state index in [1.807, 2.05) is 35.2 Å². The predicted molar refractivity (Wildman–Crippen MR) is 130 cm³/mol. The molecule has 1 fully saturated rings. The number of likely N-dealkylation sites (N-methyl/N-ethyl adjacent to an activating group) is 1. The second-order valence-electron chi connectivity index (χ2n) is 9.30. The number of carbonyl (C=O) groups excluding carboxylic acids is 2. The first-order valence-corrected chi connectivity index (χ1v) is 12.0. The molecule has 2 aromatic carbocycles. The fraction of sp³-hybridized carbons (Fsp3) is 0.423. The maximum Gasteiger partial charge on any atom is 0.340 e. The van der Waals surface area contributed by atoms with Gasteiger partial charge in [-0.15, -0.1) is 0 Å². The van der Waals surface area contributed by atoms with Gasteiger partial charge in [-0.1, -0.05) is 30.3 Å². The number of piperazine rings is 1. The van der Waals surface area contributed by atoms with Crippen LogP contribution in [0.2, 0.25) is 0 Å². The molecule has 3 heterocycles. The third kappa shape index (κ3) is 4.60. The topological polar surface area (TPSA) is 68.7 Å². The number of ether oxygens (including phenoxy) is 1. The van der Waals surface area contributed by atoms with Crippen LogP contribution in [-0.4, -0.2) is 90.3 Å². The Balaban J connectivity index is 1.34. The van der Waals surface area contributed by atoms with Crippen LogP contribution in [0.1, 0.15) is 24.1 Å². The minimum atomic E-state index is -0.362. The monoisotopic (exact) mass is 479 g/mol. The van der Waals surface area contributed by atoms with Crippen molar-refractivity contribution in [1.29, 1.82) is 0 Å². The van der Waals surface area contributed by atoms with Crippen LogP contribution in [0.5, 0.6) is 5.75 Å². The Morgan fingerprint density at radius 1 is 1.11 bits per heavy atom. The minimum Gasteiger partial charge on any atom is -0.492 e. The van der Waals surface area contributed by atoms with E-state index in [9.17, 15) is 14.0 Å². The quantitative estimate of drug-likeness (QED) is 0.677. The highest BCUT2D eigenvalue weighted by molar-refractivity contribution is 6.07. The lowest BCUT2D eigenvalue weighted by molar-refractivity contribution is -0.130. The van der Waals surface area contributed by atoms with Gasteiger partial charge >= 0.3 is 6.03 Å². The molecule has 5 rings (SSSR count). The summed E-state index contributed by atoms with van der Waals surface area (Å²) in [5.41, 5.74) is 2.24. The number of hydrazone groups is 1. The second kappa shape index (κ2) is 9.65. The third-order valence-corrected chi connectivity index (χ3v) is 7.08. The van der Waals surface area contributed by atoms with Crippen LogP contribution in [0.4, 0.5) is 9.18 Å². The first-order valence-electron chi connectivity index (χ1n) is 12.0. The van der Waals surface area contributed by atoms with Crippen molar-refractivity contribution in [1.82, 2.24) is 19.7 Å². The summed E-state index contributed by atoms with van der Waals surface area (Å²) in [7, 11) is 1.78. The molecular formula is C26H30FN5O3. The van der Waals surface area contributed by atoms with Gasteiger partial charge in [0.1, 0.15) is 11.6 Å². The number of benzene rings is 2. The molecule has 0 saturated carbocycles. The lowest BCUT2D eigenvalue weighted by Crippen LogP contribution is -2.50. The molecule has 0 aromatic heterocycles. The van der Waals surface area contributed by atoms with Gasteiger partial charge in [-0.25, -0.2) is 14.2 Å². The van der Waals surface area contributed by atoms with Crippen molar-refractivity contribution in [2.24, 2.45) is 11.0 Å². The molecule has 0 bridgehead atoms. The van der Waals surface area contributed by atoms with Crippen molar-refractivity contribution in [3.05, 3.63) is 65.5 Å². The first-order chi connectivity index (χ1) is 16.9. The number of urea groups is 1. The maximum absolute atomic E-state index is 14.1. The highest BCUT2D eigenvalue weighted by atomic mass is 19.1. The predicted octanol–water partition coefficient (Wildman–Crippen LogP) is 2.81. The van der Waals surface area contributed by atoms with E-state index in [1.54, 1.807) is 24.9 Å². The minimum absolute atomic E-state index is 0.101. The highest BCUT2D eigenvalue weighted by Crippen LogP contribution is 2.42. The van der Waals surface area contributed by atoms with Crippen LogP contribution in [-0.2, 0) is 4.79 Å². The molecule has 9 heteroatoms. The van der Waals surface area contributed by atoms with Crippen LogP contribution in [0, 0.1) is 11.7 Å². The Morgan fingerprint density at radius 2 is 1.86 bits per heavy atom. The lowest BCUT2D eigenvalue weighted by Gasteiger charge is -2.35. The van der Waals surface area contributed by atoms with E-state index < -0.39 is 0 Å². The zero-order valence-electron chi connectivity index (χ0n) is 20.1. The van der Waals surface area contributed by atoms with Gasteiger partial charge in [0, 0.05) is 58.8 Å². The van der Waals surface area contributed by atoms with Gasteiger partial charge in [-0.05, 0) is 23.8 Å². The summed E-state index contributed by atoms with van der Waals surface area (Å²) >= 11 is 0. The molecule has 3 aliphatic rings. The van der Waals surface area contributed by atoms with Crippen molar-refractivity contribution in [3.63, 3.8) is 0 Å². The van der Waals surface area contributed by atoms with E-state index in [0.29, 0.717) is 43.3 Å². The van der Waals surface area contributed by atoms with E-state index in [1.165, 1.54) is 17.1 Å². The van der Waals surface area contributed by atoms with Gasteiger partial charge in [-0.3, -0.25) is 9.69 Å². The number of hydrogen-bond donors (Lipinski definition) is 0. The summed E-state index contributed by atoms with van der Waals surface area (Å²) in [4.78, 5) is 31.0. The first kappa shape index (κ1) is 23.3. The Hall–Kier alpha value is -3.46. The molecular weight excluding hydrogens is 449 g/mol. The highest BCUT2D eigenvalue weighted by Gasteiger charge is 2.45.